The average Bonchev–Trinajstić information content (AvgIpc) is 1.66. The molecule has 0 aliphatic carbocycles. The van der Waals surface area contributed by atoms with Crippen molar-refractivity contribution in [3.05, 3.63) is 307 Å². The summed E-state index contributed by atoms with van der Waals surface area (Å²) in [6.45, 7) is 24.7. The van der Waals surface area contributed by atoms with E-state index >= 15 is 0 Å². The minimum Gasteiger partial charge on any atom is -0.502 e. The van der Waals surface area contributed by atoms with E-state index in [1.165, 1.54) is 49.3 Å². The maximum atomic E-state index is 6.00. The van der Waals surface area contributed by atoms with Crippen LogP contribution in [0.1, 0.15) is 90.4 Å². The second-order valence-corrected chi connectivity index (χ2v) is 30.8. The number of pyridine rings is 6. The summed E-state index contributed by atoms with van der Waals surface area (Å²) in [7, 11) is 0. The van der Waals surface area contributed by atoms with Crippen LogP contribution < -0.4 is 9.64 Å². The number of ether oxygens (including phenoxy) is 1. The fraction of sp³-hybridized carbons (Fsp3) is 0.183. The summed E-state index contributed by atoms with van der Waals surface area (Å²) < 4.78 is 14.4. The van der Waals surface area contributed by atoms with Crippen molar-refractivity contribution in [3.63, 3.8) is 0 Å². The summed E-state index contributed by atoms with van der Waals surface area (Å²) >= 11 is 0. The van der Waals surface area contributed by atoms with E-state index in [-0.39, 0.29) is 96.7 Å². The van der Waals surface area contributed by atoms with Crippen LogP contribution in [0.15, 0.2) is 255 Å². The molecule has 10 aromatic heterocycles. The third kappa shape index (κ3) is 16.1. The molecule has 9 aromatic carbocycles. The first kappa shape index (κ1) is 78.9. The Morgan fingerprint density at radius 3 is 1.48 bits per heavy atom. The van der Waals surface area contributed by atoms with E-state index in [1.807, 2.05) is 130 Å². The van der Waals surface area contributed by atoms with E-state index in [2.05, 4.69) is 248 Å². The topological polar surface area (TPSA) is 107 Å². The molecular weight excluding hydrogens is 2060 g/mol. The second-order valence-electron chi connectivity index (χ2n) is 30.8. The van der Waals surface area contributed by atoms with Gasteiger partial charge in [0.1, 0.15) is 17.0 Å². The van der Waals surface area contributed by atoms with Gasteiger partial charge in [-0.05, 0) is 149 Å². The Labute approximate surface area is 689 Å². The minimum atomic E-state index is 0. The zero-order valence-corrected chi connectivity index (χ0v) is 72.1. The summed E-state index contributed by atoms with van der Waals surface area (Å²) in [5.74, 6) is 1.52. The Kier molecular flexibility index (Phi) is 23.5. The first-order valence-corrected chi connectivity index (χ1v) is 36.0. The van der Waals surface area contributed by atoms with Gasteiger partial charge in [0.15, 0.2) is 0 Å². The van der Waals surface area contributed by atoms with Crippen LogP contribution in [0.5, 0.6) is 11.5 Å². The summed E-state index contributed by atoms with van der Waals surface area (Å²) in [6, 6.07) is 95.6. The number of hydrogen-bond donors (Lipinski definition) is 0. The van der Waals surface area contributed by atoms with Gasteiger partial charge < -0.3 is 23.4 Å². The summed E-state index contributed by atoms with van der Waals surface area (Å²) in [5.41, 5.74) is 23.9. The molecule has 0 atom stereocenters. The van der Waals surface area contributed by atoms with Gasteiger partial charge in [-0.3, -0.25) is 24.0 Å². The van der Waals surface area contributed by atoms with Gasteiger partial charge in [0.25, 0.3) is 0 Å². The van der Waals surface area contributed by atoms with Gasteiger partial charge in [0.2, 0.25) is 0 Å². The number of aromatic nitrogens is 10. The van der Waals surface area contributed by atoms with Gasteiger partial charge in [0.05, 0.1) is 33.1 Å². The molecule has 0 saturated heterocycles. The molecule has 16 heteroatoms. The fourth-order valence-corrected chi connectivity index (χ4v) is 14.5. The molecule has 0 unspecified atom stereocenters. The van der Waals surface area contributed by atoms with Gasteiger partial charge in [-0.1, -0.05) is 200 Å². The van der Waals surface area contributed by atoms with Gasteiger partial charge in [-0.2, -0.15) is 58.7 Å². The normalized spacial score (nSPS) is 11.6. The zero-order chi connectivity index (χ0) is 72.3. The monoisotopic (exact) mass is 2140 g/mol. The summed E-state index contributed by atoms with van der Waals surface area (Å²) in [6.07, 6.45) is 6.86. The van der Waals surface area contributed by atoms with Crippen LogP contribution in [-0.4, -0.2) is 48.0 Å². The van der Waals surface area contributed by atoms with Gasteiger partial charge >= 0.3 is 0 Å². The van der Waals surface area contributed by atoms with E-state index in [1.54, 1.807) is 0 Å². The number of aryl methyl sites for hydroxylation is 2. The molecular formula is C93H81Ir4N11O-4. The third-order valence-corrected chi connectivity index (χ3v) is 19.1. The maximum absolute atomic E-state index is 6.00. The zero-order valence-electron chi connectivity index (χ0n) is 62.5. The van der Waals surface area contributed by atoms with E-state index in [0.29, 0.717) is 0 Å². The standard InChI is InChI=1S/C31H27N4.C25H22N3O.C20H19N2.C17H13N2.4Ir/c1-31(2,3)21-25-30-29(33-27-19-10-11-20-34(27)30)24-17-12-18-26(28(24)32-25)35(22-13-6-4-7-14-22)23-15-8-5-9-16-23;1-25(2,3)16-21-24-23(27-22-11-7-8-14-28(22)24)19-13-12-18(15-20(19)26-21)29-17-9-5-4-6-10-17;1-20(2,3)13-14-12-19-16-9-4-6-10-17(16)21-22(19)18-11-7-5-8-15(14)18;1-11-12(2)17-14-8-3-5-9-15(14)18-19(17)16-10-6-4-7-13(11)16;;;;/h4-16,18-20H,21H2,1-3H3;4-12,14-15H,16H2,1-3H3;4-10,12H,13H2,1-3H3;3-9H,1-2H3;;;;/q4*-1;;;;. The third-order valence-electron chi connectivity index (χ3n) is 19.1. The Balaban J connectivity index is 0.000000137. The van der Waals surface area contributed by atoms with E-state index < -0.39 is 0 Å². The molecule has 0 N–H and O–H groups in total. The van der Waals surface area contributed by atoms with Crippen molar-refractivity contribution in [3.8, 4) is 11.5 Å². The van der Waals surface area contributed by atoms with Crippen LogP contribution in [0.25, 0.3) is 110 Å². The fourth-order valence-electron chi connectivity index (χ4n) is 14.5. The molecule has 0 bridgehead atoms. The molecule has 0 spiro atoms. The molecule has 554 valence electrons. The van der Waals surface area contributed by atoms with Gasteiger partial charge in [-0.15, -0.1) is 41.1 Å². The van der Waals surface area contributed by atoms with E-state index in [9.17, 15) is 0 Å². The number of nitrogens with zero attached hydrogens (tertiary/aromatic N) is 11. The van der Waals surface area contributed by atoms with Crippen molar-refractivity contribution >= 4 is 127 Å². The maximum Gasteiger partial charge on any atom is 0.127 e. The van der Waals surface area contributed by atoms with Gasteiger partial charge in [0, 0.05) is 149 Å². The largest absolute Gasteiger partial charge is 0.502 e. The minimum absolute atomic E-state index is 0. The van der Waals surface area contributed by atoms with E-state index in [0.717, 1.165) is 136 Å². The molecule has 10 heterocycles. The number of rotatable bonds is 8. The van der Waals surface area contributed by atoms with Gasteiger partial charge in [-0.25, -0.2) is 0 Å². The SMILES string of the molecule is CC(C)(C)Cc1cc2c3ccccc3nn2c2[c-]cccc12.CC(C)(C)Cc1nc2c(N(c3ccccc3)c3ccccc3)cc[c-]c2c2nc3ccccn3c12.CC(C)(C)Cc1nc2cc(Oc3ccccc3)c[c-]c2c2nc3ccccn3c12.Cc1c(C)c2c3ccccc3nn2c2[c-]cccc12.[Ir].[Ir].[Ir].[Ir]. The number of benzene rings is 9. The van der Waals surface area contributed by atoms with E-state index in [4.69, 9.17) is 34.9 Å². The van der Waals surface area contributed by atoms with Crippen molar-refractivity contribution in [1.82, 2.24) is 48.0 Å². The number of anilines is 3. The Morgan fingerprint density at radius 1 is 0.385 bits per heavy atom. The van der Waals surface area contributed by atoms with Crippen LogP contribution in [0.2, 0.25) is 0 Å². The molecule has 0 aliphatic heterocycles. The smallest absolute Gasteiger partial charge is 0.127 e. The Bertz CT molecular complexity index is 6430. The number of hydrogen-bond acceptors (Lipinski definition) is 8. The van der Waals surface area contributed by atoms with Crippen molar-refractivity contribution in [2.45, 2.75) is 95.4 Å². The molecule has 4 radical (unpaired) electrons. The summed E-state index contributed by atoms with van der Waals surface area (Å²) in [4.78, 5) is 22.6. The predicted octanol–water partition coefficient (Wildman–Crippen LogP) is 23.2. The first-order valence-electron chi connectivity index (χ1n) is 36.0. The predicted molar refractivity (Wildman–Crippen MR) is 432 cm³/mol. The van der Waals surface area contributed by atoms with Crippen LogP contribution >= 0.6 is 0 Å². The molecule has 12 nitrogen and oxygen atoms in total. The quantitative estimate of drug-likeness (QED) is 0.139. The van der Waals surface area contributed by atoms with Crippen molar-refractivity contribution < 1.29 is 85.2 Å². The molecule has 109 heavy (non-hydrogen) atoms. The first-order chi connectivity index (χ1) is 50.8. The van der Waals surface area contributed by atoms with Crippen LogP contribution in [0, 0.1) is 54.4 Å². The van der Waals surface area contributed by atoms with Crippen LogP contribution in [0.3, 0.4) is 0 Å². The molecule has 19 aromatic rings. The van der Waals surface area contributed by atoms with Crippen molar-refractivity contribution in [2.75, 3.05) is 4.90 Å². The molecule has 0 fully saturated rings. The molecule has 19 rings (SSSR count). The van der Waals surface area contributed by atoms with Crippen molar-refractivity contribution in [2.24, 2.45) is 16.2 Å². The summed E-state index contributed by atoms with van der Waals surface area (Å²) in [5, 5.41) is 16.2. The van der Waals surface area contributed by atoms with Crippen LogP contribution in [-0.2, 0) is 99.7 Å². The Hall–Kier alpha value is -9.68. The second kappa shape index (κ2) is 32.5. The number of fused-ring (bicyclic) bond motifs is 20. The number of para-hydroxylation sites is 5. The average molecular weight is 2140 g/mol. The Morgan fingerprint density at radius 2 is 0.881 bits per heavy atom. The van der Waals surface area contributed by atoms with Crippen molar-refractivity contribution in [1.29, 1.82) is 0 Å². The number of imidazole rings is 2. The van der Waals surface area contributed by atoms with Crippen LogP contribution in [0.4, 0.5) is 17.1 Å². The molecule has 0 saturated carbocycles. The molecule has 0 aliphatic rings. The molecule has 0 amide bonds.